The fourth-order valence-electron chi connectivity index (χ4n) is 2.91. The molecule has 0 aromatic rings. The highest BCUT2D eigenvalue weighted by Gasteiger charge is 2.35. The van der Waals surface area contributed by atoms with Crippen LogP contribution in [0.15, 0.2) is 0 Å². The second-order valence-electron chi connectivity index (χ2n) is 5.53. The average Bonchev–Trinajstić information content (AvgIpc) is 2.86. The molecule has 1 aliphatic carbocycles. The van der Waals surface area contributed by atoms with Gasteiger partial charge in [0.25, 0.3) is 10.2 Å². The zero-order chi connectivity index (χ0) is 14.8. The molecule has 0 aromatic heterocycles. The number of carboxylic acid groups (broad SMARTS) is 1. The van der Waals surface area contributed by atoms with Crippen LogP contribution in [0.5, 0.6) is 0 Å². The maximum atomic E-state index is 12.3. The van der Waals surface area contributed by atoms with Crippen LogP contribution in [-0.2, 0) is 15.0 Å². The second-order valence-corrected chi connectivity index (χ2v) is 8.37. The lowest BCUT2D eigenvalue weighted by Crippen LogP contribution is -2.49. The summed E-state index contributed by atoms with van der Waals surface area (Å²) < 4.78 is 28.7. The molecule has 3 atom stereocenters. The summed E-state index contributed by atoms with van der Waals surface area (Å²) in [5.41, 5.74) is 0. The quantitative estimate of drug-likeness (QED) is 0.785. The number of hydrogen-bond acceptors (Lipinski definition) is 4. The lowest BCUT2D eigenvalue weighted by atomic mass is 10.0. The lowest BCUT2D eigenvalue weighted by Gasteiger charge is -2.30. The summed E-state index contributed by atoms with van der Waals surface area (Å²) in [5, 5.41) is 9.55. The third kappa shape index (κ3) is 3.87. The Labute approximate surface area is 124 Å². The lowest BCUT2D eigenvalue weighted by molar-refractivity contribution is -0.142. The first kappa shape index (κ1) is 16.1. The third-order valence-corrected chi connectivity index (χ3v) is 6.84. The van der Waals surface area contributed by atoms with Crippen molar-refractivity contribution >= 4 is 27.9 Å². The van der Waals surface area contributed by atoms with Crippen LogP contribution in [-0.4, -0.2) is 54.4 Å². The Morgan fingerprint density at radius 1 is 1.35 bits per heavy atom. The monoisotopic (exact) mass is 322 g/mol. The average molecular weight is 322 g/mol. The topological polar surface area (TPSA) is 86.7 Å². The minimum atomic E-state index is -3.55. The Morgan fingerprint density at radius 2 is 2.10 bits per heavy atom. The predicted molar refractivity (Wildman–Crippen MR) is 78.9 cm³/mol. The minimum absolute atomic E-state index is 0.0114. The first-order chi connectivity index (χ1) is 9.42. The fourth-order valence-corrected chi connectivity index (χ4v) is 5.24. The summed E-state index contributed by atoms with van der Waals surface area (Å²) in [6, 6.07) is -0.0114. The van der Waals surface area contributed by atoms with Crippen LogP contribution in [0.3, 0.4) is 0 Å². The molecule has 116 valence electrons. The highest BCUT2D eigenvalue weighted by molar-refractivity contribution is 7.99. The number of piperidine rings is 1. The molecule has 8 heteroatoms. The van der Waals surface area contributed by atoms with Gasteiger partial charge in [-0.1, -0.05) is 0 Å². The molecule has 0 radical (unpaired) electrons. The molecular weight excluding hydrogens is 300 g/mol. The number of carboxylic acids is 1. The molecule has 0 bridgehead atoms. The van der Waals surface area contributed by atoms with Crippen LogP contribution in [0, 0.1) is 5.92 Å². The number of aliphatic carboxylic acids is 1. The highest BCUT2D eigenvalue weighted by Crippen LogP contribution is 2.29. The van der Waals surface area contributed by atoms with E-state index < -0.39 is 22.1 Å². The summed E-state index contributed by atoms with van der Waals surface area (Å²) in [5.74, 6) is -1.49. The van der Waals surface area contributed by atoms with E-state index in [1.807, 2.05) is 6.26 Å². The maximum Gasteiger partial charge on any atom is 0.307 e. The van der Waals surface area contributed by atoms with Crippen molar-refractivity contribution in [2.75, 3.05) is 19.3 Å². The van der Waals surface area contributed by atoms with Crippen LogP contribution in [0.1, 0.15) is 32.1 Å². The molecule has 20 heavy (non-hydrogen) atoms. The molecule has 3 unspecified atom stereocenters. The van der Waals surface area contributed by atoms with E-state index in [1.165, 1.54) is 4.31 Å². The molecule has 1 saturated carbocycles. The van der Waals surface area contributed by atoms with Crippen LogP contribution >= 0.6 is 11.8 Å². The highest BCUT2D eigenvalue weighted by atomic mass is 32.2. The van der Waals surface area contributed by atoms with Crippen molar-refractivity contribution in [2.24, 2.45) is 5.92 Å². The van der Waals surface area contributed by atoms with Crippen LogP contribution < -0.4 is 4.72 Å². The normalized spacial score (nSPS) is 32.4. The minimum Gasteiger partial charge on any atom is -0.481 e. The van der Waals surface area contributed by atoms with Gasteiger partial charge in [-0.3, -0.25) is 4.79 Å². The van der Waals surface area contributed by atoms with Gasteiger partial charge in [0, 0.05) is 24.4 Å². The molecule has 2 rings (SSSR count). The molecule has 0 amide bonds. The molecule has 6 nitrogen and oxygen atoms in total. The van der Waals surface area contributed by atoms with E-state index >= 15 is 0 Å². The largest absolute Gasteiger partial charge is 0.481 e. The number of nitrogens with one attached hydrogen (secondary N) is 1. The molecule has 1 aliphatic heterocycles. The number of hydrogen-bond donors (Lipinski definition) is 2. The van der Waals surface area contributed by atoms with E-state index in [0.29, 0.717) is 24.6 Å². The molecule has 0 aromatic carbocycles. The summed E-state index contributed by atoms with van der Waals surface area (Å²) in [6.07, 6.45) is 5.96. The molecule has 2 fully saturated rings. The van der Waals surface area contributed by atoms with Crippen molar-refractivity contribution in [3.05, 3.63) is 0 Å². The summed E-state index contributed by atoms with van der Waals surface area (Å²) in [7, 11) is -3.55. The number of nitrogens with zero attached hydrogens (tertiary/aromatic N) is 1. The Morgan fingerprint density at radius 3 is 2.70 bits per heavy atom. The van der Waals surface area contributed by atoms with Crippen molar-refractivity contribution in [2.45, 2.75) is 43.4 Å². The van der Waals surface area contributed by atoms with Gasteiger partial charge in [-0.15, -0.1) is 0 Å². The first-order valence-electron chi connectivity index (χ1n) is 6.95. The fraction of sp³-hybridized carbons (Fsp3) is 0.917. The van der Waals surface area contributed by atoms with Crippen molar-refractivity contribution in [1.82, 2.24) is 9.03 Å². The van der Waals surface area contributed by atoms with Crippen molar-refractivity contribution in [3.8, 4) is 0 Å². The van der Waals surface area contributed by atoms with Gasteiger partial charge in [-0.25, -0.2) is 0 Å². The molecule has 2 aliphatic rings. The summed E-state index contributed by atoms with van der Waals surface area (Å²) in [4.78, 5) is 11.0. The van der Waals surface area contributed by atoms with E-state index in [1.54, 1.807) is 11.8 Å². The Hall–Kier alpha value is -0.310. The third-order valence-electron chi connectivity index (χ3n) is 4.11. The standard InChI is InChI=1S/C12H22N2O4S2/c1-19-11-5-4-10(7-11)13-20(17,18)14-6-2-3-9(8-14)12(15)16/h9-11,13H,2-8H2,1H3,(H,15,16). The molecule has 1 heterocycles. The SMILES string of the molecule is CSC1CCC(NS(=O)(=O)N2CCCC(C(=O)O)C2)C1. The van der Waals surface area contributed by atoms with Gasteiger partial charge in [0.15, 0.2) is 0 Å². The van der Waals surface area contributed by atoms with Crippen LogP contribution in [0.2, 0.25) is 0 Å². The van der Waals surface area contributed by atoms with Gasteiger partial charge in [-0.05, 0) is 38.4 Å². The Balaban J connectivity index is 1.94. The number of rotatable bonds is 5. The van der Waals surface area contributed by atoms with Gasteiger partial charge in [0.1, 0.15) is 0 Å². The summed E-state index contributed by atoms with van der Waals surface area (Å²) in [6.45, 7) is 0.501. The molecule has 1 saturated heterocycles. The van der Waals surface area contributed by atoms with Gasteiger partial charge < -0.3 is 5.11 Å². The van der Waals surface area contributed by atoms with E-state index in [0.717, 1.165) is 19.3 Å². The van der Waals surface area contributed by atoms with Gasteiger partial charge in [0.2, 0.25) is 0 Å². The van der Waals surface area contributed by atoms with E-state index in [4.69, 9.17) is 5.11 Å². The van der Waals surface area contributed by atoms with E-state index in [-0.39, 0.29) is 12.6 Å². The van der Waals surface area contributed by atoms with Crippen molar-refractivity contribution in [1.29, 1.82) is 0 Å². The van der Waals surface area contributed by atoms with Gasteiger partial charge in [-0.2, -0.15) is 29.2 Å². The predicted octanol–water partition coefficient (Wildman–Crippen LogP) is 0.901. The Bertz CT molecular complexity index is 454. The zero-order valence-electron chi connectivity index (χ0n) is 11.6. The molecule has 2 N–H and O–H groups in total. The summed E-state index contributed by atoms with van der Waals surface area (Å²) >= 11 is 1.78. The van der Waals surface area contributed by atoms with Crippen molar-refractivity contribution < 1.29 is 18.3 Å². The zero-order valence-corrected chi connectivity index (χ0v) is 13.3. The molecular formula is C12H22N2O4S2. The van der Waals surface area contributed by atoms with E-state index in [2.05, 4.69) is 4.72 Å². The first-order valence-corrected chi connectivity index (χ1v) is 9.68. The van der Waals surface area contributed by atoms with Crippen LogP contribution in [0.4, 0.5) is 0 Å². The van der Waals surface area contributed by atoms with Gasteiger partial charge >= 0.3 is 5.97 Å². The van der Waals surface area contributed by atoms with Crippen LogP contribution in [0.25, 0.3) is 0 Å². The van der Waals surface area contributed by atoms with Crippen molar-refractivity contribution in [3.63, 3.8) is 0 Å². The Kier molecular flexibility index (Phi) is 5.33. The molecule has 0 spiro atoms. The van der Waals surface area contributed by atoms with E-state index in [9.17, 15) is 13.2 Å². The smallest absolute Gasteiger partial charge is 0.307 e. The number of thioether (sulfide) groups is 1. The number of carbonyl (C=O) groups is 1. The van der Waals surface area contributed by atoms with Gasteiger partial charge in [0.05, 0.1) is 5.92 Å². The maximum absolute atomic E-state index is 12.3. The second kappa shape index (κ2) is 6.64.